The van der Waals surface area contributed by atoms with Gasteiger partial charge in [0.15, 0.2) is 5.13 Å². The smallest absolute Gasteiger partial charge is 0.306 e. The molecule has 0 bridgehead atoms. The quantitative estimate of drug-likeness (QED) is 0.765. The number of ether oxygens (including phenoxy) is 1. The van der Waals surface area contributed by atoms with Gasteiger partial charge in [0.05, 0.1) is 18.7 Å². The van der Waals surface area contributed by atoms with Crippen molar-refractivity contribution in [2.75, 3.05) is 11.9 Å². The van der Waals surface area contributed by atoms with Crippen LogP contribution in [0.2, 0.25) is 0 Å². The van der Waals surface area contributed by atoms with E-state index in [0.717, 1.165) is 21.0 Å². The number of nitrogens with one attached hydrogen (secondary N) is 1. The molecule has 0 unspecified atom stereocenters. The molecule has 0 fully saturated rings. The number of aryl methyl sites for hydroxylation is 2. The van der Waals surface area contributed by atoms with Crippen LogP contribution in [0.4, 0.5) is 10.8 Å². The molecule has 1 aromatic heterocycles. The summed E-state index contributed by atoms with van der Waals surface area (Å²) >= 11 is 5.01. The number of hydrogen-bond acceptors (Lipinski definition) is 5. The summed E-state index contributed by atoms with van der Waals surface area (Å²) < 4.78 is 5.94. The molecule has 0 amide bonds. The molecule has 112 valence electrons. The van der Waals surface area contributed by atoms with Crippen LogP contribution < -0.4 is 5.32 Å². The summed E-state index contributed by atoms with van der Waals surface area (Å²) in [7, 11) is 0. The second kappa shape index (κ2) is 7.56. The number of carbonyl (C=O) groups is 1. The third kappa shape index (κ3) is 5.13. The lowest BCUT2D eigenvalue weighted by atomic mass is 10.2. The van der Waals surface area contributed by atoms with Gasteiger partial charge in [-0.1, -0.05) is 15.9 Å². The summed E-state index contributed by atoms with van der Waals surface area (Å²) in [6.45, 7) is 4.27. The van der Waals surface area contributed by atoms with Crippen LogP contribution in [-0.4, -0.2) is 17.6 Å². The number of thiazole rings is 1. The second-order valence-corrected chi connectivity index (χ2v) is 6.37. The first-order chi connectivity index (χ1) is 10.1. The summed E-state index contributed by atoms with van der Waals surface area (Å²) in [4.78, 5) is 15.8. The van der Waals surface area contributed by atoms with Crippen LogP contribution in [0.1, 0.15) is 24.6 Å². The number of nitrogens with zero attached hydrogens (tertiary/aromatic N) is 1. The maximum atomic E-state index is 11.3. The van der Waals surface area contributed by atoms with Crippen LogP contribution in [0.3, 0.4) is 0 Å². The van der Waals surface area contributed by atoms with Gasteiger partial charge in [-0.3, -0.25) is 4.79 Å². The Morgan fingerprint density at radius 1 is 1.43 bits per heavy atom. The SMILES string of the molecule is CCOC(=O)CCc1csc(Nc2cc(C)cc(Br)c2)n1. The molecule has 0 saturated carbocycles. The molecule has 0 saturated heterocycles. The number of hydrogen-bond donors (Lipinski definition) is 1. The number of rotatable bonds is 6. The van der Waals surface area contributed by atoms with E-state index in [9.17, 15) is 4.79 Å². The number of aromatic nitrogens is 1. The Bertz CT molecular complexity index is 608. The van der Waals surface area contributed by atoms with E-state index in [1.165, 1.54) is 16.9 Å². The average Bonchev–Trinajstić information content (AvgIpc) is 2.83. The molecule has 1 heterocycles. The molecule has 1 aromatic carbocycles. The Morgan fingerprint density at radius 3 is 2.95 bits per heavy atom. The van der Waals surface area contributed by atoms with Gasteiger partial charge in [-0.15, -0.1) is 11.3 Å². The van der Waals surface area contributed by atoms with Crippen LogP contribution in [0.25, 0.3) is 0 Å². The van der Waals surface area contributed by atoms with Gasteiger partial charge in [0, 0.05) is 22.0 Å². The van der Waals surface area contributed by atoms with Crippen molar-refractivity contribution in [1.82, 2.24) is 4.98 Å². The molecule has 0 atom stereocenters. The lowest BCUT2D eigenvalue weighted by molar-refractivity contribution is -0.143. The van der Waals surface area contributed by atoms with Crippen molar-refractivity contribution >= 4 is 44.1 Å². The van der Waals surface area contributed by atoms with E-state index < -0.39 is 0 Å². The largest absolute Gasteiger partial charge is 0.466 e. The minimum absolute atomic E-state index is 0.178. The fourth-order valence-corrected chi connectivity index (χ4v) is 3.25. The van der Waals surface area contributed by atoms with Crippen molar-refractivity contribution in [1.29, 1.82) is 0 Å². The lowest BCUT2D eigenvalue weighted by Crippen LogP contribution is -2.05. The third-order valence-corrected chi connectivity index (χ3v) is 4.00. The van der Waals surface area contributed by atoms with Gasteiger partial charge >= 0.3 is 5.97 Å². The summed E-state index contributed by atoms with van der Waals surface area (Å²) in [6.07, 6.45) is 0.974. The third-order valence-electron chi connectivity index (χ3n) is 2.74. The first kappa shape index (κ1) is 16.0. The summed E-state index contributed by atoms with van der Waals surface area (Å²) in [5.41, 5.74) is 3.07. The van der Waals surface area contributed by atoms with E-state index in [1.807, 2.05) is 25.3 Å². The fourth-order valence-electron chi connectivity index (χ4n) is 1.87. The molecule has 0 aliphatic heterocycles. The van der Waals surface area contributed by atoms with Gasteiger partial charge in [-0.05, 0) is 37.6 Å². The number of carbonyl (C=O) groups excluding carboxylic acids is 1. The molecule has 0 radical (unpaired) electrons. The topological polar surface area (TPSA) is 51.2 Å². The van der Waals surface area contributed by atoms with E-state index in [4.69, 9.17) is 4.74 Å². The zero-order chi connectivity index (χ0) is 15.2. The monoisotopic (exact) mass is 368 g/mol. The molecule has 4 nitrogen and oxygen atoms in total. The summed E-state index contributed by atoms with van der Waals surface area (Å²) in [5.74, 6) is -0.178. The minimum Gasteiger partial charge on any atom is -0.466 e. The predicted molar refractivity (Wildman–Crippen MR) is 89.2 cm³/mol. The highest BCUT2D eigenvalue weighted by Gasteiger charge is 2.07. The molecule has 0 aliphatic carbocycles. The normalized spacial score (nSPS) is 10.4. The molecular formula is C15H17BrN2O2S. The van der Waals surface area contributed by atoms with Crippen LogP contribution in [0.5, 0.6) is 0 Å². The maximum Gasteiger partial charge on any atom is 0.306 e. The molecule has 21 heavy (non-hydrogen) atoms. The van der Waals surface area contributed by atoms with Crippen LogP contribution in [-0.2, 0) is 16.0 Å². The predicted octanol–water partition coefficient (Wildman–Crippen LogP) is 4.45. The van der Waals surface area contributed by atoms with Crippen molar-refractivity contribution in [2.45, 2.75) is 26.7 Å². The van der Waals surface area contributed by atoms with Crippen molar-refractivity contribution in [3.05, 3.63) is 39.3 Å². The highest BCUT2D eigenvalue weighted by Crippen LogP contribution is 2.25. The molecule has 0 spiro atoms. The summed E-state index contributed by atoms with van der Waals surface area (Å²) in [6, 6.07) is 6.12. The fraction of sp³-hybridized carbons (Fsp3) is 0.333. The van der Waals surface area contributed by atoms with Crippen molar-refractivity contribution < 1.29 is 9.53 Å². The van der Waals surface area contributed by atoms with Gasteiger partial charge in [0.1, 0.15) is 0 Å². The lowest BCUT2D eigenvalue weighted by Gasteiger charge is -2.04. The van der Waals surface area contributed by atoms with E-state index in [-0.39, 0.29) is 5.97 Å². The number of halogens is 1. The Kier molecular flexibility index (Phi) is 5.76. The molecular weight excluding hydrogens is 352 g/mol. The minimum atomic E-state index is -0.178. The highest BCUT2D eigenvalue weighted by atomic mass is 79.9. The number of anilines is 2. The zero-order valence-electron chi connectivity index (χ0n) is 12.0. The van der Waals surface area contributed by atoms with E-state index in [0.29, 0.717) is 19.4 Å². The first-order valence-electron chi connectivity index (χ1n) is 6.71. The van der Waals surface area contributed by atoms with Crippen molar-refractivity contribution in [3.8, 4) is 0 Å². The standard InChI is InChI=1S/C15H17BrN2O2S/c1-3-20-14(19)5-4-12-9-21-15(17-12)18-13-7-10(2)6-11(16)8-13/h6-9H,3-5H2,1-2H3,(H,17,18). The van der Waals surface area contributed by atoms with Crippen molar-refractivity contribution in [3.63, 3.8) is 0 Å². The molecule has 1 N–H and O–H groups in total. The van der Waals surface area contributed by atoms with Crippen molar-refractivity contribution in [2.24, 2.45) is 0 Å². The van der Waals surface area contributed by atoms with E-state index in [1.54, 1.807) is 0 Å². The second-order valence-electron chi connectivity index (χ2n) is 4.59. The highest BCUT2D eigenvalue weighted by molar-refractivity contribution is 9.10. The summed E-state index contributed by atoms with van der Waals surface area (Å²) in [5, 5.41) is 6.07. The maximum absolute atomic E-state index is 11.3. The number of benzene rings is 1. The molecule has 2 rings (SSSR count). The van der Waals surface area contributed by atoms with Gasteiger partial charge in [0.2, 0.25) is 0 Å². The van der Waals surface area contributed by atoms with Crippen LogP contribution in [0.15, 0.2) is 28.1 Å². The van der Waals surface area contributed by atoms with E-state index >= 15 is 0 Å². The van der Waals surface area contributed by atoms with E-state index in [2.05, 4.69) is 38.4 Å². The Labute approximate surface area is 136 Å². The van der Waals surface area contributed by atoms with Gasteiger partial charge in [-0.25, -0.2) is 4.98 Å². The van der Waals surface area contributed by atoms with Gasteiger partial charge in [-0.2, -0.15) is 0 Å². The van der Waals surface area contributed by atoms with Gasteiger partial charge < -0.3 is 10.1 Å². The molecule has 2 aromatic rings. The Morgan fingerprint density at radius 2 is 2.24 bits per heavy atom. The van der Waals surface area contributed by atoms with Crippen LogP contribution in [0, 0.1) is 6.92 Å². The van der Waals surface area contributed by atoms with Gasteiger partial charge in [0.25, 0.3) is 0 Å². The Balaban J connectivity index is 1.95. The van der Waals surface area contributed by atoms with Crippen LogP contribution >= 0.6 is 27.3 Å². The number of esters is 1. The Hall–Kier alpha value is -1.40. The molecule has 6 heteroatoms. The average molecular weight is 369 g/mol. The molecule has 0 aliphatic rings. The first-order valence-corrected chi connectivity index (χ1v) is 8.38. The zero-order valence-corrected chi connectivity index (χ0v) is 14.4.